The van der Waals surface area contributed by atoms with Crippen LogP contribution in [0.3, 0.4) is 0 Å². The predicted octanol–water partition coefficient (Wildman–Crippen LogP) is 4.32. The molecule has 0 unspecified atom stereocenters. The van der Waals surface area contributed by atoms with Gasteiger partial charge in [-0.2, -0.15) is 0 Å². The first kappa shape index (κ1) is 15.2. The lowest BCUT2D eigenvalue weighted by molar-refractivity contribution is 0.0288. The van der Waals surface area contributed by atoms with Gasteiger partial charge in [-0.1, -0.05) is 48.0 Å². The van der Waals surface area contributed by atoms with Gasteiger partial charge in [-0.25, -0.2) is 0 Å². The Bertz CT molecular complexity index is 792. The van der Waals surface area contributed by atoms with Crippen molar-refractivity contribution in [3.05, 3.63) is 89.7 Å². The lowest BCUT2D eigenvalue weighted by atomic mass is 10.1. The minimum atomic E-state index is 0.0382. The van der Waals surface area contributed by atoms with Crippen LogP contribution in [0.1, 0.15) is 22.9 Å². The number of aryl methyl sites for hydroxylation is 1. The first-order chi connectivity index (χ1) is 11.8. The number of ether oxygens (including phenoxy) is 1. The molecule has 1 atom stereocenters. The lowest BCUT2D eigenvalue weighted by Crippen LogP contribution is -2.23. The molecule has 2 heterocycles. The van der Waals surface area contributed by atoms with Crippen LogP contribution in [0.25, 0.3) is 5.69 Å². The third-order valence-electron chi connectivity index (χ3n) is 4.55. The van der Waals surface area contributed by atoms with E-state index < -0.39 is 0 Å². The summed E-state index contributed by atoms with van der Waals surface area (Å²) in [4.78, 5) is 2.40. The summed E-state index contributed by atoms with van der Waals surface area (Å²) in [5, 5.41) is 0. The maximum Gasteiger partial charge on any atom is 0.138 e. The fraction of sp³-hybridized carbons (Fsp3) is 0.238. The van der Waals surface area contributed by atoms with E-state index in [2.05, 4.69) is 83.4 Å². The Morgan fingerprint density at radius 3 is 2.58 bits per heavy atom. The van der Waals surface area contributed by atoms with Crippen LogP contribution in [0.4, 0.5) is 0 Å². The van der Waals surface area contributed by atoms with Crippen molar-refractivity contribution in [3.8, 4) is 5.69 Å². The maximum absolute atomic E-state index is 6.01. The summed E-state index contributed by atoms with van der Waals surface area (Å²) in [6.45, 7) is 4.79. The molecule has 0 saturated carbocycles. The summed E-state index contributed by atoms with van der Waals surface area (Å²) < 4.78 is 8.16. The second-order valence-electron chi connectivity index (χ2n) is 6.37. The van der Waals surface area contributed by atoms with E-state index in [1.807, 2.05) is 6.07 Å². The Hall–Kier alpha value is -2.36. The van der Waals surface area contributed by atoms with Crippen molar-refractivity contribution < 1.29 is 4.74 Å². The molecule has 0 N–H and O–H groups in total. The summed E-state index contributed by atoms with van der Waals surface area (Å²) in [7, 11) is 0. The van der Waals surface area contributed by atoms with Gasteiger partial charge < -0.3 is 9.30 Å². The van der Waals surface area contributed by atoms with Crippen LogP contribution in [0.2, 0.25) is 0 Å². The van der Waals surface area contributed by atoms with Crippen molar-refractivity contribution in [2.75, 3.05) is 13.2 Å². The zero-order valence-corrected chi connectivity index (χ0v) is 13.9. The topological polar surface area (TPSA) is 17.4 Å². The SMILES string of the molecule is Cc1ccc(CN2CCO[C@@H]2c2ccn(-c3ccccc3)c2)cc1. The van der Waals surface area contributed by atoms with Crippen LogP contribution in [0, 0.1) is 6.92 Å². The number of hydrogen-bond donors (Lipinski definition) is 0. The second kappa shape index (κ2) is 6.63. The number of rotatable bonds is 4. The zero-order valence-electron chi connectivity index (χ0n) is 13.9. The van der Waals surface area contributed by atoms with Gasteiger partial charge in [-0.15, -0.1) is 0 Å². The van der Waals surface area contributed by atoms with Crippen molar-refractivity contribution >= 4 is 0 Å². The van der Waals surface area contributed by atoms with E-state index in [-0.39, 0.29) is 6.23 Å². The molecule has 1 fully saturated rings. The van der Waals surface area contributed by atoms with Gasteiger partial charge in [0.2, 0.25) is 0 Å². The number of para-hydroxylation sites is 1. The average Bonchev–Trinajstić information content (AvgIpc) is 3.27. The molecule has 0 amide bonds. The standard InChI is InChI=1S/C21H22N2O/c1-17-7-9-18(10-8-17)15-23-13-14-24-21(23)19-11-12-22(16-19)20-5-3-2-4-6-20/h2-12,16,21H,13-15H2,1H3/t21-/m1/s1. The number of nitrogens with zero attached hydrogens (tertiary/aromatic N) is 2. The Morgan fingerprint density at radius 1 is 1.00 bits per heavy atom. The molecule has 1 aliphatic heterocycles. The molecule has 122 valence electrons. The highest BCUT2D eigenvalue weighted by molar-refractivity contribution is 5.34. The quantitative estimate of drug-likeness (QED) is 0.713. The summed E-state index contributed by atoms with van der Waals surface area (Å²) in [5.41, 5.74) is 5.02. The van der Waals surface area contributed by atoms with Crippen LogP contribution in [-0.2, 0) is 11.3 Å². The molecule has 4 rings (SSSR count). The molecular weight excluding hydrogens is 296 g/mol. The Balaban J connectivity index is 1.52. The number of hydrogen-bond acceptors (Lipinski definition) is 2. The minimum Gasteiger partial charge on any atom is -0.357 e. The third-order valence-corrected chi connectivity index (χ3v) is 4.55. The summed E-state index contributed by atoms with van der Waals surface area (Å²) in [5.74, 6) is 0. The van der Waals surface area contributed by atoms with Gasteiger partial charge in [0.05, 0.1) is 6.61 Å². The van der Waals surface area contributed by atoms with E-state index >= 15 is 0 Å². The van der Waals surface area contributed by atoms with Crippen LogP contribution >= 0.6 is 0 Å². The van der Waals surface area contributed by atoms with E-state index in [1.54, 1.807) is 0 Å². The Labute approximate surface area is 143 Å². The highest BCUT2D eigenvalue weighted by atomic mass is 16.5. The van der Waals surface area contributed by atoms with Crippen molar-refractivity contribution in [3.63, 3.8) is 0 Å². The van der Waals surface area contributed by atoms with E-state index in [0.29, 0.717) is 0 Å². The van der Waals surface area contributed by atoms with Crippen molar-refractivity contribution in [1.29, 1.82) is 0 Å². The van der Waals surface area contributed by atoms with Crippen LogP contribution in [0.15, 0.2) is 73.1 Å². The maximum atomic E-state index is 6.01. The van der Waals surface area contributed by atoms with Crippen LogP contribution in [0.5, 0.6) is 0 Å². The first-order valence-corrected chi connectivity index (χ1v) is 8.44. The molecule has 3 nitrogen and oxygen atoms in total. The third kappa shape index (κ3) is 3.14. The Morgan fingerprint density at radius 2 is 1.79 bits per heavy atom. The molecule has 0 aliphatic carbocycles. The summed E-state index contributed by atoms with van der Waals surface area (Å²) >= 11 is 0. The lowest BCUT2D eigenvalue weighted by Gasteiger charge is -2.22. The predicted molar refractivity (Wildman–Crippen MR) is 96.1 cm³/mol. The molecule has 3 aromatic rings. The van der Waals surface area contributed by atoms with Crippen molar-refractivity contribution in [1.82, 2.24) is 9.47 Å². The molecule has 1 aliphatic rings. The minimum absolute atomic E-state index is 0.0382. The normalized spacial score (nSPS) is 18.1. The van der Waals surface area contributed by atoms with E-state index in [4.69, 9.17) is 4.74 Å². The Kier molecular flexibility index (Phi) is 4.20. The fourth-order valence-corrected chi connectivity index (χ4v) is 3.22. The van der Waals surface area contributed by atoms with E-state index in [0.717, 1.165) is 19.7 Å². The van der Waals surface area contributed by atoms with Gasteiger partial charge in [0, 0.05) is 36.7 Å². The molecule has 3 heteroatoms. The van der Waals surface area contributed by atoms with Crippen LogP contribution in [-0.4, -0.2) is 22.6 Å². The molecule has 0 spiro atoms. The zero-order chi connectivity index (χ0) is 16.4. The number of benzene rings is 2. The van der Waals surface area contributed by atoms with Crippen molar-refractivity contribution in [2.24, 2.45) is 0 Å². The van der Waals surface area contributed by atoms with Gasteiger partial charge in [0.25, 0.3) is 0 Å². The first-order valence-electron chi connectivity index (χ1n) is 8.44. The molecular formula is C21H22N2O. The summed E-state index contributed by atoms with van der Waals surface area (Å²) in [6.07, 6.45) is 4.32. The van der Waals surface area contributed by atoms with Crippen molar-refractivity contribution in [2.45, 2.75) is 19.7 Å². The van der Waals surface area contributed by atoms with Gasteiger partial charge in [-0.3, -0.25) is 4.90 Å². The molecule has 1 saturated heterocycles. The van der Waals surface area contributed by atoms with Gasteiger partial charge >= 0.3 is 0 Å². The largest absolute Gasteiger partial charge is 0.357 e. The molecule has 2 aromatic carbocycles. The fourth-order valence-electron chi connectivity index (χ4n) is 3.22. The molecule has 24 heavy (non-hydrogen) atoms. The average molecular weight is 318 g/mol. The van der Waals surface area contributed by atoms with E-state index in [1.165, 1.54) is 22.4 Å². The number of aromatic nitrogens is 1. The van der Waals surface area contributed by atoms with Gasteiger partial charge in [0.1, 0.15) is 6.23 Å². The smallest absolute Gasteiger partial charge is 0.138 e. The highest BCUT2D eigenvalue weighted by Crippen LogP contribution is 2.29. The van der Waals surface area contributed by atoms with E-state index in [9.17, 15) is 0 Å². The molecule has 0 radical (unpaired) electrons. The van der Waals surface area contributed by atoms with Crippen LogP contribution < -0.4 is 0 Å². The molecule has 1 aromatic heterocycles. The van der Waals surface area contributed by atoms with Gasteiger partial charge in [0.15, 0.2) is 0 Å². The summed E-state index contributed by atoms with van der Waals surface area (Å²) in [6, 6.07) is 21.3. The molecule has 0 bridgehead atoms. The monoisotopic (exact) mass is 318 g/mol. The second-order valence-corrected chi connectivity index (χ2v) is 6.37. The van der Waals surface area contributed by atoms with Gasteiger partial charge in [-0.05, 0) is 30.7 Å². The highest BCUT2D eigenvalue weighted by Gasteiger charge is 2.27.